The number of carbonyl (C=O) groups is 1. The van der Waals surface area contributed by atoms with Gasteiger partial charge < -0.3 is 14.8 Å². The Morgan fingerprint density at radius 2 is 1.58 bits per heavy atom. The summed E-state index contributed by atoms with van der Waals surface area (Å²) < 4.78 is 36.7. The summed E-state index contributed by atoms with van der Waals surface area (Å²) in [6.45, 7) is 1.56. The van der Waals surface area contributed by atoms with E-state index in [-0.39, 0.29) is 11.7 Å². The Kier molecular flexibility index (Phi) is 6.70. The van der Waals surface area contributed by atoms with Crippen molar-refractivity contribution in [2.75, 3.05) is 30.0 Å². The van der Waals surface area contributed by atoms with Crippen LogP contribution >= 0.6 is 22.6 Å². The van der Waals surface area contributed by atoms with Gasteiger partial charge in [0.15, 0.2) is 11.5 Å². The van der Waals surface area contributed by atoms with Crippen LogP contribution in [0.5, 0.6) is 11.5 Å². The minimum atomic E-state index is -3.34. The summed E-state index contributed by atoms with van der Waals surface area (Å²) in [6, 6.07) is 9.75. The van der Waals surface area contributed by atoms with E-state index in [4.69, 9.17) is 9.47 Å². The average molecular weight is 490 g/mol. The minimum Gasteiger partial charge on any atom is -0.493 e. The maximum Gasteiger partial charge on any atom is 0.256 e. The van der Waals surface area contributed by atoms with Crippen LogP contribution < -0.4 is 19.5 Å². The number of rotatable bonds is 7. The number of methoxy groups -OCH3 is 2. The van der Waals surface area contributed by atoms with Crippen LogP contribution in [0.15, 0.2) is 36.4 Å². The van der Waals surface area contributed by atoms with Gasteiger partial charge in [0.25, 0.3) is 5.91 Å². The molecule has 0 aliphatic carbocycles. The van der Waals surface area contributed by atoms with Gasteiger partial charge in [-0.1, -0.05) is 0 Å². The molecule has 0 aromatic heterocycles. The van der Waals surface area contributed by atoms with Crippen molar-refractivity contribution < 1.29 is 22.7 Å². The molecule has 9 heteroatoms. The molecule has 0 spiro atoms. The normalized spacial score (nSPS) is 10.9. The maximum atomic E-state index is 12.5. The van der Waals surface area contributed by atoms with Crippen molar-refractivity contribution in [2.45, 2.75) is 6.92 Å². The molecule has 0 radical (unpaired) electrons. The van der Waals surface area contributed by atoms with Crippen LogP contribution in [-0.2, 0) is 10.0 Å². The Morgan fingerprint density at radius 3 is 2.12 bits per heavy atom. The Hall–Kier alpha value is -2.01. The van der Waals surface area contributed by atoms with Crippen LogP contribution in [0.3, 0.4) is 0 Å². The molecule has 1 amide bonds. The number of sulfonamides is 1. The zero-order valence-electron chi connectivity index (χ0n) is 14.5. The van der Waals surface area contributed by atoms with Crippen molar-refractivity contribution >= 4 is 49.9 Å². The summed E-state index contributed by atoms with van der Waals surface area (Å²) in [5.74, 6) is 0.684. The van der Waals surface area contributed by atoms with Crippen molar-refractivity contribution in [3.8, 4) is 11.5 Å². The molecule has 2 rings (SSSR count). The molecule has 2 aromatic rings. The number of ether oxygens (including phenoxy) is 2. The molecule has 140 valence electrons. The van der Waals surface area contributed by atoms with E-state index in [1.807, 2.05) is 0 Å². The molecule has 0 heterocycles. The molecule has 0 saturated heterocycles. The lowest BCUT2D eigenvalue weighted by atomic mass is 10.1. The first-order chi connectivity index (χ1) is 12.3. The van der Waals surface area contributed by atoms with E-state index in [1.54, 1.807) is 43.3 Å². The lowest BCUT2D eigenvalue weighted by Crippen LogP contribution is -2.15. The van der Waals surface area contributed by atoms with Crippen LogP contribution in [0.4, 0.5) is 11.4 Å². The van der Waals surface area contributed by atoms with E-state index in [0.717, 1.165) is 0 Å². The highest BCUT2D eigenvalue weighted by atomic mass is 127. The lowest BCUT2D eigenvalue weighted by Gasteiger charge is -2.12. The van der Waals surface area contributed by atoms with E-state index in [9.17, 15) is 13.2 Å². The third kappa shape index (κ3) is 5.01. The van der Waals surface area contributed by atoms with Crippen LogP contribution in [0, 0.1) is 3.57 Å². The molecular formula is C17H19IN2O5S. The van der Waals surface area contributed by atoms with Crippen LogP contribution in [0.1, 0.15) is 17.3 Å². The predicted octanol–water partition coefficient (Wildman–Crippen LogP) is 3.32. The average Bonchev–Trinajstić information content (AvgIpc) is 2.62. The molecule has 2 aromatic carbocycles. The van der Waals surface area contributed by atoms with Gasteiger partial charge in [0.1, 0.15) is 0 Å². The second-order valence-electron chi connectivity index (χ2n) is 5.22. The number of hydrogen-bond donors (Lipinski definition) is 2. The van der Waals surface area contributed by atoms with Crippen LogP contribution in [-0.4, -0.2) is 34.3 Å². The summed E-state index contributed by atoms with van der Waals surface area (Å²) in [5, 5.41) is 2.77. The fraction of sp³-hybridized carbons (Fsp3) is 0.235. The number of halogens is 1. The topological polar surface area (TPSA) is 93.7 Å². The number of hydrogen-bond acceptors (Lipinski definition) is 5. The molecule has 0 fully saturated rings. The molecule has 0 bridgehead atoms. The summed E-state index contributed by atoms with van der Waals surface area (Å²) in [6.07, 6.45) is 0. The van der Waals surface area contributed by atoms with Gasteiger partial charge in [0.05, 0.1) is 25.5 Å². The molecule has 0 saturated carbocycles. The first-order valence-electron chi connectivity index (χ1n) is 7.63. The second-order valence-corrected chi connectivity index (χ2v) is 8.40. The van der Waals surface area contributed by atoms with E-state index in [0.29, 0.717) is 32.0 Å². The highest BCUT2D eigenvalue weighted by molar-refractivity contribution is 14.1. The number of nitrogens with one attached hydrogen (secondary N) is 2. The third-order valence-electron chi connectivity index (χ3n) is 3.51. The lowest BCUT2D eigenvalue weighted by molar-refractivity contribution is 0.102. The first-order valence-corrected chi connectivity index (χ1v) is 10.4. The van der Waals surface area contributed by atoms with Gasteiger partial charge >= 0.3 is 0 Å². The molecule has 0 aliphatic rings. The first kappa shape index (κ1) is 20.3. The molecule has 26 heavy (non-hydrogen) atoms. The largest absolute Gasteiger partial charge is 0.493 e. The van der Waals surface area contributed by atoms with Crippen molar-refractivity contribution in [3.63, 3.8) is 0 Å². The fourth-order valence-corrected chi connectivity index (χ4v) is 3.42. The van der Waals surface area contributed by atoms with Crippen LogP contribution in [0.2, 0.25) is 0 Å². The SMILES string of the molecule is CCS(=O)(=O)Nc1ccc(NC(=O)c2cc(OC)c(OC)cc2I)cc1. The van der Waals surface area contributed by atoms with E-state index in [1.165, 1.54) is 14.2 Å². The van der Waals surface area contributed by atoms with E-state index < -0.39 is 10.0 Å². The molecule has 0 aliphatic heterocycles. The second kappa shape index (κ2) is 8.58. The summed E-state index contributed by atoms with van der Waals surface area (Å²) in [7, 11) is -0.303. The van der Waals surface area contributed by atoms with Gasteiger partial charge in [-0.3, -0.25) is 9.52 Å². The van der Waals surface area contributed by atoms with E-state index >= 15 is 0 Å². The fourth-order valence-electron chi connectivity index (χ4n) is 2.10. The Morgan fingerprint density at radius 1 is 1.04 bits per heavy atom. The third-order valence-corrected chi connectivity index (χ3v) is 5.71. The number of benzene rings is 2. The standard InChI is InChI=1S/C17H19IN2O5S/c1-4-26(22,23)20-12-7-5-11(6-8-12)19-17(21)13-9-15(24-2)16(25-3)10-14(13)18/h5-10,20H,4H2,1-3H3,(H,19,21). The minimum absolute atomic E-state index is 0.0107. The molecule has 2 N–H and O–H groups in total. The van der Waals surface area contributed by atoms with Gasteiger partial charge in [-0.2, -0.15) is 0 Å². The number of carbonyl (C=O) groups excluding carboxylic acids is 1. The molecule has 0 unspecified atom stereocenters. The van der Waals surface area contributed by atoms with Crippen molar-refractivity contribution in [3.05, 3.63) is 45.5 Å². The summed E-state index contributed by atoms with van der Waals surface area (Å²) in [5.41, 5.74) is 1.42. The van der Waals surface area contributed by atoms with Crippen molar-refractivity contribution in [1.29, 1.82) is 0 Å². The Labute approximate surface area is 166 Å². The zero-order valence-corrected chi connectivity index (χ0v) is 17.5. The van der Waals surface area contributed by atoms with Crippen molar-refractivity contribution in [2.24, 2.45) is 0 Å². The molecule has 0 atom stereocenters. The monoisotopic (exact) mass is 490 g/mol. The number of anilines is 2. The van der Waals surface area contributed by atoms with Crippen LogP contribution in [0.25, 0.3) is 0 Å². The summed E-state index contributed by atoms with van der Waals surface area (Å²) in [4.78, 5) is 12.5. The molecular weight excluding hydrogens is 471 g/mol. The predicted molar refractivity (Wildman–Crippen MR) is 110 cm³/mol. The highest BCUT2D eigenvalue weighted by Gasteiger charge is 2.16. The quantitative estimate of drug-likeness (QED) is 0.581. The van der Waals surface area contributed by atoms with Gasteiger partial charge in [-0.25, -0.2) is 8.42 Å². The highest BCUT2D eigenvalue weighted by Crippen LogP contribution is 2.31. The van der Waals surface area contributed by atoms with E-state index in [2.05, 4.69) is 32.6 Å². The van der Waals surface area contributed by atoms with Gasteiger partial charge in [-0.15, -0.1) is 0 Å². The molecule has 7 nitrogen and oxygen atoms in total. The smallest absolute Gasteiger partial charge is 0.256 e. The Bertz CT molecular complexity index is 898. The van der Waals surface area contributed by atoms with Crippen molar-refractivity contribution in [1.82, 2.24) is 0 Å². The zero-order chi connectivity index (χ0) is 19.3. The summed E-state index contributed by atoms with van der Waals surface area (Å²) >= 11 is 2.05. The number of amides is 1. The van der Waals surface area contributed by atoms with Gasteiger partial charge in [0.2, 0.25) is 10.0 Å². The van der Waals surface area contributed by atoms with Gasteiger partial charge in [0, 0.05) is 14.9 Å². The Balaban J connectivity index is 2.17. The van der Waals surface area contributed by atoms with Gasteiger partial charge in [-0.05, 0) is 65.9 Å². The maximum absolute atomic E-state index is 12.5.